The molecule has 4 bridgehead atoms. The maximum Gasteiger partial charge on any atom is 0.374 e. The van der Waals surface area contributed by atoms with Gasteiger partial charge in [0.15, 0.2) is 35.6 Å². The lowest BCUT2D eigenvalue weighted by Crippen LogP contribution is -2.89. The molecule has 13 atom stereocenters. The molecule has 4 heterocycles. The number of esters is 8. The summed E-state index contributed by atoms with van der Waals surface area (Å²) >= 11 is 0. The third-order valence-corrected chi connectivity index (χ3v) is 12.3. The van der Waals surface area contributed by atoms with E-state index in [9.17, 15) is 48.6 Å². The zero-order valence-electron chi connectivity index (χ0n) is 35.2. The van der Waals surface area contributed by atoms with Crippen LogP contribution in [0.4, 0.5) is 0 Å². The van der Waals surface area contributed by atoms with Crippen LogP contribution in [0.3, 0.4) is 0 Å². The zero-order valence-corrected chi connectivity index (χ0v) is 35.2. The number of ether oxygens (including phenoxy) is 9. The minimum Gasteiger partial charge on any atom is -0.459 e. The van der Waals surface area contributed by atoms with Gasteiger partial charge in [0.05, 0.1) is 17.7 Å². The van der Waals surface area contributed by atoms with E-state index in [0.29, 0.717) is 0 Å². The number of nitrogens with zero attached hydrogens (tertiary/aromatic N) is 1. The molecule has 336 valence electrons. The summed E-state index contributed by atoms with van der Waals surface area (Å²) in [4.78, 5) is 113. The number of carbonyl (C=O) groups is 8. The molecular weight excluding hydrogens is 826 g/mol. The molecule has 2 saturated carbocycles. The highest BCUT2D eigenvalue weighted by atomic mass is 16.7. The first-order valence-electron chi connectivity index (χ1n) is 19.4. The molecule has 13 unspecified atom stereocenters. The molecule has 2 aromatic heterocycles. The first-order valence-corrected chi connectivity index (χ1v) is 19.4. The van der Waals surface area contributed by atoms with Crippen LogP contribution in [0.2, 0.25) is 0 Å². The van der Waals surface area contributed by atoms with Crippen molar-refractivity contribution in [3.05, 3.63) is 53.7 Å². The molecule has 62 heavy (non-hydrogen) atoms. The van der Waals surface area contributed by atoms with E-state index in [-0.39, 0.29) is 16.9 Å². The van der Waals surface area contributed by atoms with Crippen LogP contribution in [0.1, 0.15) is 94.7 Å². The summed E-state index contributed by atoms with van der Waals surface area (Å²) in [5, 5.41) is 25.6. The van der Waals surface area contributed by atoms with E-state index >= 15 is 0 Å². The van der Waals surface area contributed by atoms with Crippen molar-refractivity contribution in [1.29, 1.82) is 0 Å². The number of rotatable bonds is 8. The number of aromatic nitrogens is 1. The lowest BCUT2D eigenvalue weighted by atomic mass is 9.45. The number of aliphatic hydroxyl groups is 2. The number of pyridine rings is 1. The summed E-state index contributed by atoms with van der Waals surface area (Å²) in [6.07, 6.45) is -9.28. The van der Waals surface area contributed by atoms with Crippen molar-refractivity contribution in [3.8, 4) is 0 Å². The van der Waals surface area contributed by atoms with Crippen LogP contribution >= 0.6 is 0 Å². The van der Waals surface area contributed by atoms with E-state index in [0.717, 1.165) is 60.9 Å². The Balaban J connectivity index is 1.80. The normalized spacial score (nSPS) is 37.3. The molecular formula is C41H47NO20. The monoisotopic (exact) mass is 873 g/mol. The van der Waals surface area contributed by atoms with Gasteiger partial charge in [-0.1, -0.05) is 6.92 Å². The second kappa shape index (κ2) is 16.1. The first kappa shape index (κ1) is 45.6. The number of furan rings is 1. The molecule has 2 N–H and O–H groups in total. The van der Waals surface area contributed by atoms with E-state index in [4.69, 9.17) is 47.0 Å². The number of fused-ring (bicyclic) bond motifs is 5. The van der Waals surface area contributed by atoms with Crippen molar-refractivity contribution in [2.75, 3.05) is 13.2 Å². The Morgan fingerprint density at radius 2 is 1.37 bits per heavy atom. The van der Waals surface area contributed by atoms with E-state index in [1.807, 2.05) is 0 Å². The average molecular weight is 874 g/mol. The van der Waals surface area contributed by atoms with Gasteiger partial charge in [0, 0.05) is 52.9 Å². The molecule has 21 heteroatoms. The molecule has 0 radical (unpaired) electrons. The van der Waals surface area contributed by atoms with E-state index in [1.165, 1.54) is 38.2 Å². The van der Waals surface area contributed by atoms with Crippen LogP contribution in [-0.2, 0) is 71.4 Å². The fourth-order valence-corrected chi connectivity index (χ4v) is 9.72. The first-order chi connectivity index (χ1) is 28.9. The number of hydrogen-bond acceptors (Lipinski definition) is 21. The molecule has 21 nitrogen and oxygen atoms in total. The van der Waals surface area contributed by atoms with Gasteiger partial charge < -0.3 is 57.3 Å². The summed E-state index contributed by atoms with van der Waals surface area (Å²) in [6.45, 7) is 7.43. The lowest BCUT2D eigenvalue weighted by molar-refractivity contribution is -0.387. The Hall–Kier alpha value is -5.93. The van der Waals surface area contributed by atoms with Crippen LogP contribution in [0.15, 0.2) is 41.3 Å². The fourth-order valence-electron chi connectivity index (χ4n) is 9.72. The molecule has 2 aliphatic heterocycles. The second-order valence-electron chi connectivity index (χ2n) is 16.4. The Bertz CT molecular complexity index is 2170. The molecule has 2 aliphatic carbocycles. The predicted molar refractivity (Wildman–Crippen MR) is 199 cm³/mol. The predicted octanol–water partition coefficient (Wildman–Crippen LogP) is 1.04. The molecule has 4 aliphatic rings. The molecule has 1 saturated heterocycles. The summed E-state index contributed by atoms with van der Waals surface area (Å²) < 4.78 is 59.8. The Morgan fingerprint density at radius 3 is 1.94 bits per heavy atom. The number of hydrogen-bond donors (Lipinski definition) is 2. The summed E-state index contributed by atoms with van der Waals surface area (Å²) in [5.74, 6) is -12.6. The summed E-state index contributed by atoms with van der Waals surface area (Å²) in [5.41, 5.74) is -13.6. The minimum absolute atomic E-state index is 0.0457. The maximum atomic E-state index is 14.6. The van der Waals surface area contributed by atoms with Crippen molar-refractivity contribution in [1.82, 2.24) is 4.98 Å². The lowest BCUT2D eigenvalue weighted by Gasteiger charge is -2.67. The highest BCUT2D eigenvalue weighted by molar-refractivity contribution is 5.92. The highest BCUT2D eigenvalue weighted by Crippen LogP contribution is 2.70. The Kier molecular flexibility index (Phi) is 11.8. The van der Waals surface area contributed by atoms with Gasteiger partial charge >= 0.3 is 47.8 Å². The Morgan fingerprint density at radius 1 is 0.806 bits per heavy atom. The number of cyclic esters (lactones) is 1. The van der Waals surface area contributed by atoms with Crippen LogP contribution in [0.5, 0.6) is 0 Å². The third kappa shape index (κ3) is 7.14. The second-order valence-corrected chi connectivity index (χ2v) is 16.4. The van der Waals surface area contributed by atoms with Crippen molar-refractivity contribution in [3.63, 3.8) is 0 Å². The molecule has 3 fully saturated rings. The smallest absolute Gasteiger partial charge is 0.374 e. The van der Waals surface area contributed by atoms with Crippen LogP contribution < -0.4 is 0 Å². The van der Waals surface area contributed by atoms with Crippen LogP contribution in [0, 0.1) is 11.3 Å². The highest BCUT2D eigenvalue weighted by Gasteiger charge is 2.92. The maximum absolute atomic E-state index is 14.6. The van der Waals surface area contributed by atoms with Gasteiger partial charge in [-0.05, 0) is 44.5 Å². The third-order valence-electron chi connectivity index (χ3n) is 12.3. The standard InChI is InChI=1S/C41H47NO20/c1-18-24-12-13-42-15-25(24)34(48)54-16-37(7)27-28(56-19(2)43)32(59-22(5)46)40(17-55-35(49)26-11-10-14-53-26)33(60-23(6)47)29(57-20(3)44)31(61-36(50)38(18,8)51)39(9,52)41(40,62-37)30(27)58-21(4)45/h10-15,18,27-33,51-52H,16-17H2,1-9H3. The molecule has 0 amide bonds. The van der Waals surface area contributed by atoms with Crippen molar-refractivity contribution < 1.29 is 95.6 Å². The number of carbonyl (C=O) groups excluding carboxylic acids is 8. The van der Waals surface area contributed by atoms with Gasteiger partial charge in [-0.3, -0.25) is 29.0 Å². The van der Waals surface area contributed by atoms with Gasteiger partial charge in [-0.15, -0.1) is 0 Å². The van der Waals surface area contributed by atoms with Gasteiger partial charge in [0.1, 0.15) is 42.0 Å². The Labute approximate surface area is 353 Å². The summed E-state index contributed by atoms with van der Waals surface area (Å²) in [7, 11) is 0. The van der Waals surface area contributed by atoms with Crippen LogP contribution in [-0.4, -0.2) is 135 Å². The van der Waals surface area contributed by atoms with Crippen molar-refractivity contribution in [2.24, 2.45) is 11.3 Å². The van der Waals surface area contributed by atoms with Crippen molar-refractivity contribution >= 4 is 47.8 Å². The zero-order chi connectivity index (χ0) is 45.9. The minimum atomic E-state index is -3.00. The van der Waals surface area contributed by atoms with Gasteiger partial charge in [0.2, 0.25) is 5.76 Å². The van der Waals surface area contributed by atoms with Crippen molar-refractivity contribution in [2.45, 2.75) is 127 Å². The topological polar surface area (TPSA) is 286 Å². The molecule has 6 rings (SSSR count). The SMILES string of the molecule is CC(=O)OC1C2C(OC(C)=O)C34OC2(C)COC(=O)c2cnccc2C(C)C(C)(O)C(=O)OC(C(OC(C)=O)C(OC(C)=O)C3(COC(=O)c2ccco2)C1OC(C)=O)C4(C)O. The molecule has 1 spiro atoms. The van der Waals surface area contributed by atoms with Gasteiger partial charge in [0.25, 0.3) is 0 Å². The average Bonchev–Trinajstić information content (AvgIpc) is 3.79. The van der Waals surface area contributed by atoms with Gasteiger partial charge in [-0.2, -0.15) is 0 Å². The van der Waals surface area contributed by atoms with Gasteiger partial charge in [-0.25, -0.2) is 14.4 Å². The quantitative estimate of drug-likeness (QED) is 0.277. The molecule has 2 aromatic rings. The van der Waals surface area contributed by atoms with E-state index in [2.05, 4.69) is 4.98 Å². The summed E-state index contributed by atoms with van der Waals surface area (Å²) in [6, 6.07) is 3.92. The van der Waals surface area contributed by atoms with E-state index in [1.54, 1.807) is 0 Å². The van der Waals surface area contributed by atoms with E-state index < -0.39 is 137 Å². The fraction of sp³-hybridized carbons (Fsp3) is 0.585. The largest absolute Gasteiger partial charge is 0.459 e. The van der Waals surface area contributed by atoms with Crippen LogP contribution in [0.25, 0.3) is 0 Å². The molecule has 0 aromatic carbocycles.